The topological polar surface area (TPSA) is 49.7 Å². The van der Waals surface area contributed by atoms with Gasteiger partial charge in [-0.15, -0.1) is 0 Å². The van der Waals surface area contributed by atoms with E-state index in [2.05, 4.69) is 5.16 Å². The van der Waals surface area contributed by atoms with Gasteiger partial charge in [-0.1, -0.05) is 35.5 Å². The van der Waals surface area contributed by atoms with Crippen molar-refractivity contribution in [1.29, 1.82) is 0 Å². The Balaban J connectivity index is 2.84. The summed E-state index contributed by atoms with van der Waals surface area (Å²) in [6, 6.07) is 7.71. The third-order valence-corrected chi connectivity index (χ3v) is 1.87. The predicted octanol–water partition coefficient (Wildman–Crippen LogP) is 2.39. The molecule has 1 rings (SSSR count). The van der Waals surface area contributed by atoms with Crippen LogP contribution >= 0.6 is 0 Å². The normalized spacial score (nSPS) is 12.6. The molecular formula is C10H8F3NO2. The minimum atomic E-state index is -4.91. The second kappa shape index (κ2) is 4.78. The lowest BCUT2D eigenvalue weighted by molar-refractivity contribution is -0.169. The number of halogens is 3. The van der Waals surface area contributed by atoms with E-state index >= 15 is 0 Å². The lowest BCUT2D eigenvalue weighted by Crippen LogP contribution is -2.25. The lowest BCUT2D eigenvalue weighted by atomic mass is 10.1. The summed E-state index contributed by atoms with van der Waals surface area (Å²) in [5, 5.41) is 11.3. The molecule has 0 radical (unpaired) electrons. The van der Waals surface area contributed by atoms with E-state index in [0.29, 0.717) is 0 Å². The second-order valence-electron chi connectivity index (χ2n) is 3.01. The van der Waals surface area contributed by atoms with Gasteiger partial charge < -0.3 is 5.21 Å². The highest BCUT2D eigenvalue weighted by molar-refractivity contribution is 6.12. The third-order valence-electron chi connectivity index (χ3n) is 1.87. The molecule has 0 fully saturated rings. The maximum atomic E-state index is 12.0. The highest BCUT2D eigenvalue weighted by atomic mass is 19.4. The van der Waals surface area contributed by atoms with Gasteiger partial charge in [0.25, 0.3) is 0 Å². The first kappa shape index (κ1) is 12.2. The number of carbonyl (C=O) groups excluding carboxylic acids is 1. The zero-order chi connectivity index (χ0) is 12.2. The molecule has 0 bridgehead atoms. The predicted molar refractivity (Wildman–Crippen MR) is 50.4 cm³/mol. The first-order chi connectivity index (χ1) is 7.45. The summed E-state index contributed by atoms with van der Waals surface area (Å²) in [7, 11) is 0. The number of hydrogen-bond donors (Lipinski definition) is 1. The largest absolute Gasteiger partial charge is 0.450 e. The lowest BCUT2D eigenvalue weighted by Gasteiger charge is -2.06. The van der Waals surface area contributed by atoms with Gasteiger partial charge in [0.2, 0.25) is 5.78 Å². The summed E-state index contributed by atoms with van der Waals surface area (Å²) in [6.45, 7) is 0. The van der Waals surface area contributed by atoms with Gasteiger partial charge in [-0.25, -0.2) is 0 Å². The quantitative estimate of drug-likeness (QED) is 0.493. The minimum Gasteiger partial charge on any atom is -0.411 e. The van der Waals surface area contributed by atoms with E-state index in [-0.39, 0.29) is 11.3 Å². The van der Waals surface area contributed by atoms with Gasteiger partial charge >= 0.3 is 6.18 Å². The molecule has 0 amide bonds. The molecule has 0 unspecified atom stereocenters. The van der Waals surface area contributed by atoms with Gasteiger partial charge in [0.15, 0.2) is 0 Å². The van der Waals surface area contributed by atoms with Crippen LogP contribution in [0.5, 0.6) is 0 Å². The third kappa shape index (κ3) is 3.08. The van der Waals surface area contributed by atoms with Gasteiger partial charge in [0.05, 0.1) is 12.1 Å². The van der Waals surface area contributed by atoms with Gasteiger partial charge in [-0.3, -0.25) is 4.79 Å². The maximum absolute atomic E-state index is 12.0. The fourth-order valence-electron chi connectivity index (χ4n) is 1.08. The molecule has 1 aromatic carbocycles. The van der Waals surface area contributed by atoms with E-state index < -0.39 is 18.4 Å². The van der Waals surface area contributed by atoms with Crippen molar-refractivity contribution in [2.24, 2.45) is 5.16 Å². The minimum absolute atomic E-state index is 0.280. The summed E-state index contributed by atoms with van der Waals surface area (Å²) < 4.78 is 35.9. The number of benzene rings is 1. The van der Waals surface area contributed by atoms with E-state index in [9.17, 15) is 18.0 Å². The highest BCUT2D eigenvalue weighted by Crippen LogP contribution is 2.19. The Bertz CT molecular complexity index is 398. The Morgan fingerprint density at radius 2 is 1.81 bits per heavy atom. The van der Waals surface area contributed by atoms with Crippen molar-refractivity contribution in [3.05, 3.63) is 35.9 Å². The summed E-state index contributed by atoms with van der Waals surface area (Å²) in [5.74, 6) is -1.94. The van der Waals surface area contributed by atoms with Crippen molar-refractivity contribution in [3.8, 4) is 0 Å². The van der Waals surface area contributed by atoms with Crippen molar-refractivity contribution in [3.63, 3.8) is 0 Å². The summed E-state index contributed by atoms with van der Waals surface area (Å²) in [6.07, 6.45) is -5.88. The fraction of sp³-hybridized carbons (Fsp3) is 0.200. The fourth-order valence-corrected chi connectivity index (χ4v) is 1.08. The first-order valence-corrected chi connectivity index (χ1v) is 4.31. The molecule has 3 nitrogen and oxygen atoms in total. The van der Waals surface area contributed by atoms with Crippen molar-refractivity contribution in [1.82, 2.24) is 0 Å². The van der Waals surface area contributed by atoms with Gasteiger partial charge in [0.1, 0.15) is 0 Å². The molecule has 86 valence electrons. The molecule has 1 aromatic rings. The van der Waals surface area contributed by atoms with Gasteiger partial charge in [-0.05, 0) is 5.56 Å². The highest BCUT2D eigenvalue weighted by Gasteiger charge is 2.38. The van der Waals surface area contributed by atoms with Crippen LogP contribution in [0, 0.1) is 0 Å². The monoisotopic (exact) mass is 231 g/mol. The van der Waals surface area contributed by atoms with E-state index in [1.807, 2.05) is 0 Å². The van der Waals surface area contributed by atoms with E-state index in [0.717, 1.165) is 0 Å². The Kier molecular flexibility index (Phi) is 3.65. The van der Waals surface area contributed by atoms with Crippen LogP contribution < -0.4 is 0 Å². The molecule has 0 aliphatic heterocycles. The van der Waals surface area contributed by atoms with Crippen LogP contribution in [0.3, 0.4) is 0 Å². The molecule has 0 atom stereocenters. The summed E-state index contributed by atoms with van der Waals surface area (Å²) in [5.41, 5.74) is -0.0227. The molecule has 6 heteroatoms. The maximum Gasteiger partial charge on any atom is 0.450 e. The number of alkyl halides is 3. The van der Waals surface area contributed by atoms with E-state index in [1.165, 1.54) is 12.1 Å². The van der Waals surface area contributed by atoms with E-state index in [4.69, 9.17) is 5.21 Å². The number of ketones is 1. The SMILES string of the molecule is O=C(CC(=NO)c1ccccc1)C(F)(F)F. The zero-order valence-corrected chi connectivity index (χ0v) is 8.03. The number of rotatable bonds is 3. The van der Waals surface area contributed by atoms with Crippen molar-refractivity contribution >= 4 is 11.5 Å². The van der Waals surface area contributed by atoms with Crippen molar-refractivity contribution < 1.29 is 23.2 Å². The Morgan fingerprint density at radius 3 is 2.25 bits per heavy atom. The number of carbonyl (C=O) groups is 1. The first-order valence-electron chi connectivity index (χ1n) is 4.31. The Labute approximate surface area is 89.2 Å². The number of hydrogen-bond acceptors (Lipinski definition) is 3. The van der Waals surface area contributed by atoms with Crippen molar-refractivity contribution in [2.75, 3.05) is 0 Å². The average molecular weight is 231 g/mol. The zero-order valence-electron chi connectivity index (χ0n) is 8.03. The van der Waals surface area contributed by atoms with Crippen LogP contribution in [0.2, 0.25) is 0 Å². The molecule has 0 saturated heterocycles. The van der Waals surface area contributed by atoms with Crippen LogP contribution in [0.4, 0.5) is 13.2 Å². The summed E-state index contributed by atoms with van der Waals surface area (Å²) >= 11 is 0. The van der Waals surface area contributed by atoms with E-state index in [1.54, 1.807) is 18.2 Å². The molecule has 16 heavy (non-hydrogen) atoms. The second-order valence-corrected chi connectivity index (χ2v) is 3.01. The molecule has 0 heterocycles. The van der Waals surface area contributed by atoms with Crippen LogP contribution in [0.1, 0.15) is 12.0 Å². The van der Waals surface area contributed by atoms with Crippen LogP contribution in [-0.4, -0.2) is 22.9 Å². The molecule has 0 spiro atoms. The Morgan fingerprint density at radius 1 is 1.25 bits per heavy atom. The smallest absolute Gasteiger partial charge is 0.411 e. The average Bonchev–Trinajstić information content (AvgIpc) is 2.25. The standard InChI is InChI=1S/C10H8F3NO2/c11-10(12,13)9(15)6-8(14-16)7-4-2-1-3-5-7/h1-5,16H,6H2. The van der Waals surface area contributed by atoms with Crippen LogP contribution in [0.15, 0.2) is 35.5 Å². The number of oxime groups is 1. The number of nitrogens with zero attached hydrogens (tertiary/aromatic N) is 1. The molecule has 1 N–H and O–H groups in total. The Hall–Kier alpha value is -1.85. The molecule has 0 saturated carbocycles. The molecule has 0 aliphatic rings. The molecule has 0 aromatic heterocycles. The van der Waals surface area contributed by atoms with Crippen LogP contribution in [0.25, 0.3) is 0 Å². The van der Waals surface area contributed by atoms with Gasteiger partial charge in [0, 0.05) is 0 Å². The summed E-state index contributed by atoms with van der Waals surface area (Å²) in [4.78, 5) is 10.7. The molecular weight excluding hydrogens is 223 g/mol. The van der Waals surface area contributed by atoms with Crippen molar-refractivity contribution in [2.45, 2.75) is 12.6 Å². The van der Waals surface area contributed by atoms with Crippen LogP contribution in [-0.2, 0) is 4.79 Å². The molecule has 0 aliphatic carbocycles. The van der Waals surface area contributed by atoms with Gasteiger partial charge in [-0.2, -0.15) is 13.2 Å². The number of Topliss-reactive ketones (excluding diaryl/α,β-unsaturated/α-hetero) is 1.